The van der Waals surface area contributed by atoms with Crippen LogP contribution in [0.2, 0.25) is 0 Å². The van der Waals surface area contributed by atoms with Gasteiger partial charge in [0, 0.05) is 0 Å². The Morgan fingerprint density at radius 2 is 1.93 bits per heavy atom. The highest BCUT2D eigenvalue weighted by Gasteiger charge is 2.54. The number of rotatable bonds is 1. The van der Waals surface area contributed by atoms with Crippen molar-refractivity contribution in [1.29, 1.82) is 0 Å². The SMILES string of the molecule is COC(=O)[C@H]1O[C@@](O)(Br)[C@H](O)[C@@H](O)[C@@H]1O. The highest BCUT2D eigenvalue weighted by molar-refractivity contribution is 9.10. The smallest absolute Gasteiger partial charge is 0.337 e. The zero-order chi connectivity index (χ0) is 11.8. The van der Waals surface area contributed by atoms with Crippen molar-refractivity contribution in [3.63, 3.8) is 0 Å². The molecule has 7 nitrogen and oxygen atoms in total. The number of aliphatic hydroxyl groups excluding tert-OH is 3. The van der Waals surface area contributed by atoms with Crippen molar-refractivity contribution < 1.29 is 34.7 Å². The molecule has 4 N–H and O–H groups in total. The second-order valence-corrected chi connectivity index (χ2v) is 4.23. The highest BCUT2D eigenvalue weighted by Crippen LogP contribution is 2.32. The summed E-state index contributed by atoms with van der Waals surface area (Å²) >= 11 is 2.57. The molecule has 0 aromatic heterocycles. The summed E-state index contributed by atoms with van der Waals surface area (Å²) in [5.41, 5.74) is 0. The van der Waals surface area contributed by atoms with E-state index in [4.69, 9.17) is 0 Å². The van der Waals surface area contributed by atoms with Crippen LogP contribution >= 0.6 is 15.9 Å². The maximum Gasteiger partial charge on any atom is 0.337 e. The van der Waals surface area contributed by atoms with Gasteiger partial charge in [0.2, 0.25) is 0 Å². The van der Waals surface area contributed by atoms with E-state index in [0.717, 1.165) is 7.11 Å². The first-order valence-electron chi connectivity index (χ1n) is 4.02. The molecule has 8 heteroatoms. The minimum absolute atomic E-state index is 0.966. The van der Waals surface area contributed by atoms with Crippen LogP contribution in [0.4, 0.5) is 0 Å². The summed E-state index contributed by atoms with van der Waals surface area (Å²) in [5.74, 6) is -0.966. The lowest BCUT2D eigenvalue weighted by molar-refractivity contribution is -0.294. The van der Waals surface area contributed by atoms with Crippen LogP contribution in [-0.2, 0) is 14.3 Å². The van der Waals surface area contributed by atoms with E-state index in [0.29, 0.717) is 0 Å². The fourth-order valence-electron chi connectivity index (χ4n) is 1.20. The Balaban J connectivity index is 2.89. The van der Waals surface area contributed by atoms with Gasteiger partial charge in [-0.15, -0.1) is 0 Å². The largest absolute Gasteiger partial charge is 0.467 e. The molecule has 0 aliphatic carbocycles. The third kappa shape index (κ3) is 2.30. The second-order valence-electron chi connectivity index (χ2n) is 3.10. The van der Waals surface area contributed by atoms with Crippen LogP contribution in [0.15, 0.2) is 0 Å². The Labute approximate surface area is 93.4 Å². The molecule has 0 aromatic rings. The molecule has 1 aliphatic heterocycles. The van der Waals surface area contributed by atoms with Crippen molar-refractivity contribution in [1.82, 2.24) is 0 Å². The van der Waals surface area contributed by atoms with Gasteiger partial charge in [0.1, 0.15) is 18.3 Å². The first-order chi connectivity index (χ1) is 6.81. The zero-order valence-corrected chi connectivity index (χ0v) is 9.29. The first kappa shape index (κ1) is 12.8. The van der Waals surface area contributed by atoms with Crippen LogP contribution in [0, 0.1) is 0 Å². The van der Waals surface area contributed by atoms with Gasteiger partial charge >= 0.3 is 5.97 Å². The van der Waals surface area contributed by atoms with E-state index in [1.54, 1.807) is 0 Å². The summed E-state index contributed by atoms with van der Waals surface area (Å²) < 4.78 is 6.65. The normalized spacial score (nSPS) is 46.3. The Morgan fingerprint density at radius 3 is 2.40 bits per heavy atom. The van der Waals surface area contributed by atoms with Gasteiger partial charge in [-0.05, 0) is 15.9 Å². The second kappa shape index (κ2) is 4.32. The molecular formula is C7H11BrO7. The number of hydrogen-bond donors (Lipinski definition) is 4. The maximum atomic E-state index is 11.1. The fraction of sp³-hybridized carbons (Fsp3) is 0.857. The summed E-state index contributed by atoms with van der Waals surface area (Å²) in [6, 6.07) is 0. The van der Waals surface area contributed by atoms with E-state index in [9.17, 15) is 25.2 Å². The van der Waals surface area contributed by atoms with E-state index >= 15 is 0 Å². The summed E-state index contributed by atoms with van der Waals surface area (Å²) in [4.78, 5) is 11.1. The molecule has 0 amide bonds. The summed E-state index contributed by atoms with van der Waals surface area (Å²) in [5, 5.41) is 37.4. The minimum Gasteiger partial charge on any atom is -0.467 e. The topological polar surface area (TPSA) is 116 Å². The quantitative estimate of drug-likeness (QED) is 0.316. The van der Waals surface area contributed by atoms with Gasteiger partial charge in [-0.2, -0.15) is 0 Å². The monoisotopic (exact) mass is 286 g/mol. The van der Waals surface area contributed by atoms with Gasteiger partial charge in [-0.3, -0.25) is 0 Å². The minimum atomic E-state index is -2.30. The summed E-state index contributed by atoms with van der Waals surface area (Å²) in [7, 11) is 1.06. The summed E-state index contributed by atoms with van der Waals surface area (Å²) in [6.07, 6.45) is -6.76. The highest BCUT2D eigenvalue weighted by atomic mass is 79.9. The van der Waals surface area contributed by atoms with Crippen LogP contribution in [-0.4, -0.2) is 62.6 Å². The van der Waals surface area contributed by atoms with E-state index < -0.39 is 35.1 Å². The van der Waals surface area contributed by atoms with E-state index in [1.165, 1.54) is 0 Å². The lowest BCUT2D eigenvalue weighted by atomic mass is 9.99. The first-order valence-corrected chi connectivity index (χ1v) is 4.81. The molecule has 0 bridgehead atoms. The third-order valence-electron chi connectivity index (χ3n) is 2.07. The predicted octanol–water partition coefficient (Wildman–Crippen LogP) is -2.32. The number of halogens is 1. The molecule has 0 saturated carbocycles. The van der Waals surface area contributed by atoms with Crippen molar-refractivity contribution in [2.45, 2.75) is 29.1 Å². The Hall–Kier alpha value is -0.250. The number of methoxy groups -OCH3 is 1. The molecule has 1 fully saturated rings. The van der Waals surface area contributed by atoms with Crippen LogP contribution in [0.3, 0.4) is 0 Å². The van der Waals surface area contributed by atoms with Gasteiger partial charge in [-0.25, -0.2) is 4.79 Å². The number of ether oxygens (including phenoxy) is 2. The molecule has 1 aliphatic rings. The van der Waals surface area contributed by atoms with Crippen molar-refractivity contribution in [2.24, 2.45) is 0 Å². The zero-order valence-electron chi connectivity index (χ0n) is 7.70. The molecular weight excluding hydrogens is 276 g/mol. The molecule has 1 heterocycles. The van der Waals surface area contributed by atoms with Gasteiger partial charge in [-0.1, -0.05) is 0 Å². The molecule has 0 aromatic carbocycles. The van der Waals surface area contributed by atoms with Crippen molar-refractivity contribution >= 4 is 21.9 Å². The number of carbonyl (C=O) groups excluding carboxylic acids is 1. The Bertz CT molecular complexity index is 256. The van der Waals surface area contributed by atoms with Crippen LogP contribution < -0.4 is 0 Å². The average molecular weight is 287 g/mol. The van der Waals surface area contributed by atoms with Crippen molar-refractivity contribution in [2.75, 3.05) is 7.11 Å². The van der Waals surface area contributed by atoms with Gasteiger partial charge in [0.25, 0.3) is 4.70 Å². The van der Waals surface area contributed by atoms with Crippen LogP contribution in [0.5, 0.6) is 0 Å². The molecule has 0 unspecified atom stereocenters. The molecule has 5 atom stereocenters. The maximum absolute atomic E-state index is 11.1. The molecule has 0 spiro atoms. The van der Waals surface area contributed by atoms with Crippen molar-refractivity contribution in [3.8, 4) is 0 Å². The fourth-order valence-corrected chi connectivity index (χ4v) is 1.67. The number of alkyl halides is 1. The van der Waals surface area contributed by atoms with Crippen LogP contribution in [0.1, 0.15) is 0 Å². The average Bonchev–Trinajstić information content (AvgIpc) is 2.19. The van der Waals surface area contributed by atoms with Gasteiger partial charge in [0.15, 0.2) is 6.10 Å². The number of esters is 1. The molecule has 0 radical (unpaired) electrons. The van der Waals surface area contributed by atoms with E-state index in [-0.39, 0.29) is 0 Å². The molecule has 1 rings (SSSR count). The number of hydrogen-bond acceptors (Lipinski definition) is 7. The number of carbonyl (C=O) groups is 1. The molecule has 88 valence electrons. The van der Waals surface area contributed by atoms with Gasteiger partial charge < -0.3 is 29.9 Å². The van der Waals surface area contributed by atoms with Gasteiger partial charge in [0.05, 0.1) is 7.11 Å². The lowest BCUT2D eigenvalue weighted by Crippen LogP contribution is -2.63. The summed E-state index contributed by atoms with van der Waals surface area (Å²) in [6.45, 7) is 0. The lowest BCUT2D eigenvalue weighted by Gasteiger charge is -2.41. The Kier molecular flexibility index (Phi) is 3.69. The standard InChI is InChI=1S/C7H11BrO7/c1-14-6(12)4-2(9)3(10)5(11)7(8,13)15-4/h2-5,9-11,13H,1H3/t2-,3-,4-,5+,7+/m0/s1. The molecule has 15 heavy (non-hydrogen) atoms. The van der Waals surface area contributed by atoms with Crippen molar-refractivity contribution in [3.05, 3.63) is 0 Å². The van der Waals surface area contributed by atoms with E-state index in [2.05, 4.69) is 25.4 Å². The number of aliphatic hydroxyl groups is 4. The third-order valence-corrected chi connectivity index (χ3v) is 2.73. The predicted molar refractivity (Wildman–Crippen MR) is 48.8 cm³/mol. The van der Waals surface area contributed by atoms with Crippen LogP contribution in [0.25, 0.3) is 0 Å². The molecule has 1 saturated heterocycles. The van der Waals surface area contributed by atoms with E-state index in [1.807, 2.05) is 0 Å². The Morgan fingerprint density at radius 1 is 1.40 bits per heavy atom.